The quantitative estimate of drug-likeness (QED) is 0.310. The molecule has 1 nitrogen and oxygen atoms in total. The topological polar surface area (TPSA) is 4.44 Å². The molecule has 0 aromatic rings. The molecule has 0 aromatic heterocycles. The summed E-state index contributed by atoms with van der Waals surface area (Å²) in [5, 5.41) is 0. The fraction of sp³-hybridized carbons (Fsp3) is 0.500. The third-order valence-corrected chi connectivity index (χ3v) is 1.24. The smallest absolute Gasteiger partial charge is 0.0717 e. The maximum atomic E-state index is 3.86. The highest BCUT2D eigenvalue weighted by Crippen LogP contribution is 1.80. The monoisotopic (exact) mass is 97.1 g/mol. The van der Waals surface area contributed by atoms with E-state index < -0.39 is 0 Å². The Morgan fingerprint density at radius 1 is 1.43 bits per heavy atom. The predicted molar refractivity (Wildman–Crippen MR) is 29.8 cm³/mol. The van der Waals surface area contributed by atoms with E-state index in [9.17, 15) is 0 Å². The summed E-state index contributed by atoms with van der Waals surface area (Å²) in [5.74, 6) is 0. The predicted octanol–water partition coefficient (Wildman–Crippen LogP) is -0.377. The van der Waals surface area contributed by atoms with Gasteiger partial charge in [-0.25, -0.2) is 0 Å². The summed E-state index contributed by atoms with van der Waals surface area (Å²) in [5.41, 5.74) is 0. The molecular formula is C6H11N. The highest BCUT2D eigenvalue weighted by molar-refractivity contribution is 4.83. The summed E-state index contributed by atoms with van der Waals surface area (Å²) in [7, 11) is 3.86. The lowest BCUT2D eigenvalue weighted by Crippen LogP contribution is -3.07. The van der Waals surface area contributed by atoms with Gasteiger partial charge in [0.25, 0.3) is 0 Å². The second-order valence-electron chi connectivity index (χ2n) is 1.96. The molecule has 0 amide bonds. The Bertz CT molecular complexity index is 76.2. The van der Waals surface area contributed by atoms with Crippen molar-refractivity contribution in [3.8, 4) is 0 Å². The third kappa shape index (κ3) is 1.32. The summed E-state index contributed by atoms with van der Waals surface area (Å²) < 4.78 is 0. The molecule has 0 aromatic carbocycles. The van der Waals surface area contributed by atoms with Crippen LogP contribution in [0.3, 0.4) is 0 Å². The number of quaternary nitrogens is 1. The van der Waals surface area contributed by atoms with Crippen molar-refractivity contribution in [1.29, 1.82) is 0 Å². The van der Waals surface area contributed by atoms with Crippen LogP contribution in [0, 0.1) is 7.05 Å². The first-order valence-electron chi connectivity index (χ1n) is 2.71. The highest BCUT2D eigenvalue weighted by Gasteiger charge is 1.94. The zero-order valence-corrected chi connectivity index (χ0v) is 4.48. The molecule has 1 heteroatoms. The van der Waals surface area contributed by atoms with Crippen molar-refractivity contribution in [2.45, 2.75) is 6.42 Å². The van der Waals surface area contributed by atoms with Crippen LogP contribution in [-0.2, 0) is 0 Å². The number of rotatable bonds is 0. The Hall–Kier alpha value is -0.300. The minimum Gasteiger partial charge on any atom is -0.464 e. The number of hydrogen-bond donors (Lipinski definition) is 1. The molecule has 0 saturated carbocycles. The Labute approximate surface area is 44.6 Å². The zero-order valence-electron chi connectivity index (χ0n) is 4.48. The van der Waals surface area contributed by atoms with Crippen molar-refractivity contribution >= 4 is 0 Å². The van der Waals surface area contributed by atoms with Gasteiger partial charge in [-0.1, -0.05) is 6.08 Å². The van der Waals surface area contributed by atoms with Gasteiger partial charge in [0.2, 0.25) is 0 Å². The molecule has 0 bridgehead atoms. The maximum Gasteiger partial charge on any atom is 0.0717 e. The zero-order chi connectivity index (χ0) is 5.11. The SMILES string of the molecule is [CH2-][NH+]1CC=CCC1. The van der Waals surface area contributed by atoms with Crippen LogP contribution in [0.4, 0.5) is 0 Å². The first-order valence-corrected chi connectivity index (χ1v) is 2.71. The van der Waals surface area contributed by atoms with Gasteiger partial charge in [-0.05, 0) is 6.08 Å². The molecule has 1 atom stereocenters. The average molecular weight is 97.2 g/mol. The second-order valence-corrected chi connectivity index (χ2v) is 1.96. The second kappa shape index (κ2) is 2.12. The molecule has 7 heavy (non-hydrogen) atoms. The van der Waals surface area contributed by atoms with Gasteiger partial charge in [0.05, 0.1) is 13.1 Å². The van der Waals surface area contributed by atoms with E-state index in [-0.39, 0.29) is 0 Å². The number of hydrogen-bond acceptors (Lipinski definition) is 0. The standard InChI is InChI=1S/C6H11N/c1-7-5-3-2-4-6-7/h2-3,7H,1,4-6H2. The largest absolute Gasteiger partial charge is 0.464 e. The Balaban J connectivity index is 2.32. The Kier molecular flexibility index (Phi) is 1.47. The van der Waals surface area contributed by atoms with Crippen molar-refractivity contribution in [3.05, 3.63) is 19.2 Å². The molecule has 1 heterocycles. The fourth-order valence-electron chi connectivity index (χ4n) is 0.757. The van der Waals surface area contributed by atoms with Crippen LogP contribution in [-0.4, -0.2) is 13.1 Å². The van der Waals surface area contributed by atoms with Gasteiger partial charge in [0.1, 0.15) is 0 Å². The van der Waals surface area contributed by atoms with Crippen LogP contribution in [0.1, 0.15) is 6.42 Å². The van der Waals surface area contributed by atoms with Crippen molar-refractivity contribution in [3.63, 3.8) is 0 Å². The molecule has 0 fully saturated rings. The molecule has 1 unspecified atom stereocenters. The minimum absolute atomic E-state index is 1.11. The van der Waals surface area contributed by atoms with Gasteiger partial charge in [0.15, 0.2) is 0 Å². The summed E-state index contributed by atoms with van der Waals surface area (Å²) in [6, 6.07) is 0. The molecule has 0 spiro atoms. The van der Waals surface area contributed by atoms with E-state index in [0.717, 1.165) is 6.54 Å². The van der Waals surface area contributed by atoms with Gasteiger partial charge < -0.3 is 4.90 Å². The van der Waals surface area contributed by atoms with E-state index in [2.05, 4.69) is 19.2 Å². The third-order valence-electron chi connectivity index (χ3n) is 1.24. The molecule has 0 radical (unpaired) electrons. The van der Waals surface area contributed by atoms with Gasteiger partial charge in [0, 0.05) is 6.42 Å². The van der Waals surface area contributed by atoms with Crippen molar-refractivity contribution in [1.82, 2.24) is 0 Å². The van der Waals surface area contributed by atoms with Crippen LogP contribution in [0.25, 0.3) is 0 Å². The van der Waals surface area contributed by atoms with Crippen molar-refractivity contribution in [2.75, 3.05) is 13.1 Å². The molecule has 0 aliphatic carbocycles. The molecule has 0 saturated heterocycles. The highest BCUT2D eigenvalue weighted by atomic mass is 15.1. The number of nitrogens with one attached hydrogen (secondary N) is 1. The summed E-state index contributed by atoms with van der Waals surface area (Å²) in [6.07, 6.45) is 5.61. The van der Waals surface area contributed by atoms with Crippen LogP contribution in [0.15, 0.2) is 12.2 Å². The lowest BCUT2D eigenvalue weighted by atomic mass is 10.3. The lowest BCUT2D eigenvalue weighted by molar-refractivity contribution is -0.848. The van der Waals surface area contributed by atoms with Crippen molar-refractivity contribution < 1.29 is 4.90 Å². The fourth-order valence-corrected chi connectivity index (χ4v) is 0.757. The Morgan fingerprint density at radius 3 is 2.57 bits per heavy atom. The minimum atomic E-state index is 1.11. The van der Waals surface area contributed by atoms with Crippen LogP contribution < -0.4 is 4.90 Å². The normalized spacial score (nSPS) is 30.7. The maximum absolute atomic E-state index is 3.86. The van der Waals surface area contributed by atoms with Gasteiger partial charge in [-0.15, -0.1) is 0 Å². The van der Waals surface area contributed by atoms with Crippen molar-refractivity contribution in [2.24, 2.45) is 0 Å². The molecule has 1 N–H and O–H groups in total. The molecule has 1 aliphatic heterocycles. The first kappa shape index (κ1) is 4.85. The summed E-state index contributed by atoms with van der Waals surface area (Å²) >= 11 is 0. The van der Waals surface area contributed by atoms with E-state index in [4.69, 9.17) is 0 Å². The molecule has 1 rings (SSSR count). The first-order chi connectivity index (χ1) is 3.39. The average Bonchev–Trinajstić information content (AvgIpc) is 1.69. The molecular weight excluding hydrogens is 86.1 g/mol. The van der Waals surface area contributed by atoms with E-state index >= 15 is 0 Å². The van der Waals surface area contributed by atoms with Gasteiger partial charge >= 0.3 is 0 Å². The van der Waals surface area contributed by atoms with E-state index in [0.29, 0.717) is 0 Å². The Morgan fingerprint density at radius 2 is 2.29 bits per heavy atom. The molecule has 40 valence electrons. The van der Waals surface area contributed by atoms with Crippen LogP contribution in [0.2, 0.25) is 0 Å². The molecule has 1 aliphatic rings. The van der Waals surface area contributed by atoms with E-state index in [1.807, 2.05) is 0 Å². The van der Waals surface area contributed by atoms with E-state index in [1.165, 1.54) is 17.9 Å². The van der Waals surface area contributed by atoms with Crippen LogP contribution in [0.5, 0.6) is 0 Å². The lowest BCUT2D eigenvalue weighted by Gasteiger charge is -2.20. The van der Waals surface area contributed by atoms with Crippen LogP contribution >= 0.6 is 0 Å². The summed E-state index contributed by atoms with van der Waals surface area (Å²) in [6.45, 7) is 2.32. The van der Waals surface area contributed by atoms with Gasteiger partial charge in [-0.3, -0.25) is 0 Å². The van der Waals surface area contributed by atoms with E-state index in [1.54, 1.807) is 0 Å². The van der Waals surface area contributed by atoms with Gasteiger partial charge in [-0.2, -0.15) is 7.05 Å². The summed E-state index contributed by atoms with van der Waals surface area (Å²) in [4.78, 5) is 1.38.